The number of aromatic nitrogens is 1. The number of nitrogens with zero attached hydrogens (tertiary/aromatic N) is 1. The van der Waals surface area contributed by atoms with Crippen molar-refractivity contribution in [2.45, 2.75) is 33.6 Å². The average molecular weight is 268 g/mol. The predicted molar refractivity (Wildman–Crippen MR) is 87.0 cm³/mol. The second kappa shape index (κ2) is 7.09. The Morgan fingerprint density at radius 2 is 2.00 bits per heavy atom. The molecule has 0 unspecified atom stereocenters. The lowest BCUT2D eigenvalue weighted by molar-refractivity contribution is 0.647. The first-order valence-electron chi connectivity index (χ1n) is 7.48. The average Bonchev–Trinajstić information content (AvgIpc) is 2.45. The van der Waals surface area contributed by atoms with E-state index in [1.807, 2.05) is 12.3 Å². The van der Waals surface area contributed by atoms with Crippen LogP contribution in [-0.2, 0) is 6.42 Å². The summed E-state index contributed by atoms with van der Waals surface area (Å²) in [6, 6.07) is 12.9. The molecule has 0 spiro atoms. The molecule has 2 nitrogen and oxygen atoms in total. The van der Waals surface area contributed by atoms with Gasteiger partial charge in [-0.05, 0) is 42.5 Å². The van der Waals surface area contributed by atoms with Gasteiger partial charge in [-0.15, -0.1) is 0 Å². The van der Waals surface area contributed by atoms with Crippen molar-refractivity contribution in [1.29, 1.82) is 0 Å². The Morgan fingerprint density at radius 1 is 1.15 bits per heavy atom. The summed E-state index contributed by atoms with van der Waals surface area (Å²) in [6.45, 7) is 7.67. The van der Waals surface area contributed by atoms with Gasteiger partial charge in [0.2, 0.25) is 0 Å². The van der Waals surface area contributed by atoms with Crippen LogP contribution in [0.5, 0.6) is 0 Å². The van der Waals surface area contributed by atoms with Crippen molar-refractivity contribution in [3.8, 4) is 11.3 Å². The van der Waals surface area contributed by atoms with Crippen LogP contribution < -0.4 is 5.32 Å². The number of hydrogen-bond acceptors (Lipinski definition) is 2. The van der Waals surface area contributed by atoms with Gasteiger partial charge in [-0.3, -0.25) is 4.98 Å². The van der Waals surface area contributed by atoms with Crippen LogP contribution in [0.15, 0.2) is 42.6 Å². The summed E-state index contributed by atoms with van der Waals surface area (Å²) in [5.74, 6) is 0.677. The number of hydrogen-bond donors (Lipinski definition) is 1. The van der Waals surface area contributed by atoms with Gasteiger partial charge in [-0.2, -0.15) is 0 Å². The Labute approximate surface area is 122 Å². The highest BCUT2D eigenvalue weighted by molar-refractivity contribution is 5.64. The Morgan fingerprint density at radius 3 is 2.75 bits per heavy atom. The van der Waals surface area contributed by atoms with Crippen LogP contribution in [0.25, 0.3) is 11.3 Å². The van der Waals surface area contributed by atoms with Crippen LogP contribution in [0.2, 0.25) is 0 Å². The molecule has 0 radical (unpaired) electrons. The van der Waals surface area contributed by atoms with Gasteiger partial charge < -0.3 is 5.32 Å². The van der Waals surface area contributed by atoms with E-state index >= 15 is 0 Å². The van der Waals surface area contributed by atoms with Gasteiger partial charge in [0.05, 0.1) is 5.69 Å². The van der Waals surface area contributed by atoms with Gasteiger partial charge >= 0.3 is 0 Å². The fourth-order valence-electron chi connectivity index (χ4n) is 2.30. The van der Waals surface area contributed by atoms with Crippen molar-refractivity contribution in [3.05, 3.63) is 48.2 Å². The molecule has 0 bridgehead atoms. The van der Waals surface area contributed by atoms with E-state index in [9.17, 15) is 0 Å². The van der Waals surface area contributed by atoms with Gasteiger partial charge in [0.1, 0.15) is 0 Å². The van der Waals surface area contributed by atoms with Gasteiger partial charge in [0.15, 0.2) is 0 Å². The van der Waals surface area contributed by atoms with Crippen molar-refractivity contribution >= 4 is 5.69 Å². The molecular formula is C18H24N2. The first kappa shape index (κ1) is 14.6. The minimum Gasteiger partial charge on any atom is -0.385 e. The molecule has 0 atom stereocenters. The molecule has 1 aromatic carbocycles. The highest BCUT2D eigenvalue weighted by Gasteiger charge is 2.03. The zero-order valence-corrected chi connectivity index (χ0v) is 12.7. The Balaban J connectivity index is 2.22. The molecule has 2 heteroatoms. The van der Waals surface area contributed by atoms with Crippen LogP contribution in [0.4, 0.5) is 5.69 Å². The lowest BCUT2D eigenvalue weighted by Gasteiger charge is -2.09. The third-order valence-corrected chi connectivity index (χ3v) is 3.21. The smallest absolute Gasteiger partial charge is 0.0722 e. The summed E-state index contributed by atoms with van der Waals surface area (Å²) in [6.07, 6.45) is 4.12. The van der Waals surface area contributed by atoms with Crippen molar-refractivity contribution in [3.63, 3.8) is 0 Å². The van der Waals surface area contributed by atoms with E-state index in [2.05, 4.69) is 61.4 Å². The number of pyridine rings is 1. The molecule has 0 aliphatic rings. The Kier molecular flexibility index (Phi) is 5.16. The first-order valence-corrected chi connectivity index (χ1v) is 7.48. The number of nitrogens with one attached hydrogen (secondary N) is 1. The first-order chi connectivity index (χ1) is 9.69. The van der Waals surface area contributed by atoms with E-state index < -0.39 is 0 Å². The molecule has 1 aromatic heterocycles. The lowest BCUT2D eigenvalue weighted by Crippen LogP contribution is -2.00. The highest BCUT2D eigenvalue weighted by atomic mass is 14.9. The van der Waals surface area contributed by atoms with E-state index in [1.165, 1.54) is 11.1 Å². The van der Waals surface area contributed by atoms with Crippen molar-refractivity contribution in [2.24, 2.45) is 5.92 Å². The molecule has 1 N–H and O–H groups in total. The molecular weight excluding hydrogens is 244 g/mol. The van der Waals surface area contributed by atoms with E-state index in [4.69, 9.17) is 0 Å². The van der Waals surface area contributed by atoms with E-state index in [0.29, 0.717) is 5.92 Å². The number of rotatable bonds is 6. The topological polar surface area (TPSA) is 24.9 Å². The summed E-state index contributed by atoms with van der Waals surface area (Å²) in [5, 5.41) is 3.41. The fraction of sp³-hybridized carbons (Fsp3) is 0.389. The molecule has 0 saturated carbocycles. The Bertz CT molecular complexity index is 547. The molecule has 0 aliphatic carbocycles. The molecule has 1 heterocycles. The predicted octanol–water partition coefficient (Wildman–Crippen LogP) is 4.77. The zero-order chi connectivity index (χ0) is 14.4. The third-order valence-electron chi connectivity index (χ3n) is 3.21. The van der Waals surface area contributed by atoms with Gasteiger partial charge in [-0.25, -0.2) is 0 Å². The van der Waals surface area contributed by atoms with Crippen LogP contribution in [0, 0.1) is 5.92 Å². The maximum absolute atomic E-state index is 4.50. The number of anilines is 1. The van der Waals surface area contributed by atoms with Gasteiger partial charge in [0.25, 0.3) is 0 Å². The van der Waals surface area contributed by atoms with Crippen molar-refractivity contribution < 1.29 is 0 Å². The molecule has 2 rings (SSSR count). The van der Waals surface area contributed by atoms with Gasteiger partial charge in [0, 0.05) is 24.0 Å². The quantitative estimate of drug-likeness (QED) is 0.816. The molecule has 20 heavy (non-hydrogen) atoms. The van der Waals surface area contributed by atoms with Gasteiger partial charge in [-0.1, -0.05) is 39.0 Å². The molecule has 2 aromatic rings. The molecule has 0 saturated heterocycles. The normalized spacial score (nSPS) is 10.8. The fourth-order valence-corrected chi connectivity index (χ4v) is 2.30. The van der Waals surface area contributed by atoms with E-state index in [-0.39, 0.29) is 0 Å². The molecule has 0 amide bonds. The summed E-state index contributed by atoms with van der Waals surface area (Å²) >= 11 is 0. The third kappa shape index (κ3) is 4.09. The van der Waals surface area contributed by atoms with Crippen LogP contribution in [-0.4, -0.2) is 11.5 Å². The summed E-state index contributed by atoms with van der Waals surface area (Å²) in [7, 11) is 0. The molecule has 0 aliphatic heterocycles. The molecule has 0 fully saturated rings. The summed E-state index contributed by atoms with van der Waals surface area (Å²) in [4.78, 5) is 4.50. The van der Waals surface area contributed by atoms with Crippen LogP contribution in [0.3, 0.4) is 0 Å². The zero-order valence-electron chi connectivity index (χ0n) is 12.7. The summed E-state index contributed by atoms with van der Waals surface area (Å²) in [5.41, 5.74) is 4.76. The maximum Gasteiger partial charge on any atom is 0.0722 e. The Hall–Kier alpha value is -1.83. The minimum absolute atomic E-state index is 0.677. The molecule has 106 valence electrons. The maximum atomic E-state index is 4.50. The second-order valence-corrected chi connectivity index (χ2v) is 5.65. The number of benzene rings is 1. The van der Waals surface area contributed by atoms with Crippen LogP contribution in [0.1, 0.15) is 32.8 Å². The minimum atomic E-state index is 0.677. The standard InChI is InChI=1S/C18H24N2/c1-4-9-19-17-8-10-20-18(13-17)16-7-5-6-15(12-16)11-14(2)3/h5-8,10,12-14H,4,9,11H2,1-3H3,(H,19,20). The largest absolute Gasteiger partial charge is 0.385 e. The van der Waals surface area contributed by atoms with Crippen LogP contribution >= 0.6 is 0 Å². The van der Waals surface area contributed by atoms with Crippen molar-refractivity contribution in [2.75, 3.05) is 11.9 Å². The highest BCUT2D eigenvalue weighted by Crippen LogP contribution is 2.22. The lowest BCUT2D eigenvalue weighted by atomic mass is 10.00. The van der Waals surface area contributed by atoms with Crippen molar-refractivity contribution in [1.82, 2.24) is 4.98 Å². The SMILES string of the molecule is CCCNc1ccnc(-c2cccc(CC(C)C)c2)c1. The van der Waals surface area contributed by atoms with E-state index in [1.54, 1.807) is 0 Å². The second-order valence-electron chi connectivity index (χ2n) is 5.65. The van der Waals surface area contributed by atoms with E-state index in [0.717, 1.165) is 30.8 Å². The summed E-state index contributed by atoms with van der Waals surface area (Å²) < 4.78 is 0. The monoisotopic (exact) mass is 268 g/mol.